The maximum Gasteiger partial charge on any atom is 0.277 e. The second-order valence-electron chi connectivity index (χ2n) is 5.98. The lowest BCUT2D eigenvalue weighted by Gasteiger charge is -2.15. The number of benzene rings is 1. The van der Waals surface area contributed by atoms with Gasteiger partial charge in [-0.1, -0.05) is 0 Å². The van der Waals surface area contributed by atoms with Crippen molar-refractivity contribution in [1.29, 1.82) is 0 Å². The summed E-state index contributed by atoms with van der Waals surface area (Å²) >= 11 is 0. The molecule has 0 bridgehead atoms. The Kier molecular flexibility index (Phi) is 5.72. The largest absolute Gasteiger partial charge is 0.490 e. The number of methoxy groups -OCH3 is 1. The van der Waals surface area contributed by atoms with Gasteiger partial charge in [-0.05, 0) is 26.0 Å². The van der Waals surface area contributed by atoms with Crippen LogP contribution in [0.2, 0.25) is 0 Å². The SMILES string of the molecule is COCCOc1c(S(C)(=O)=O)ccc(C(=O)c2c(C)[nH]n(C)c2=O)c1C. The second kappa shape index (κ2) is 7.46. The third-order valence-electron chi connectivity index (χ3n) is 4.00. The van der Waals surface area contributed by atoms with Crippen LogP contribution in [0.25, 0.3) is 0 Å². The molecule has 26 heavy (non-hydrogen) atoms. The highest BCUT2D eigenvalue weighted by Gasteiger charge is 2.25. The van der Waals surface area contributed by atoms with Crippen LogP contribution >= 0.6 is 0 Å². The van der Waals surface area contributed by atoms with Crippen molar-refractivity contribution in [3.8, 4) is 5.75 Å². The predicted molar refractivity (Wildman–Crippen MR) is 95.9 cm³/mol. The molecule has 0 spiro atoms. The van der Waals surface area contributed by atoms with Gasteiger partial charge in [-0.3, -0.25) is 19.4 Å². The molecule has 0 aliphatic heterocycles. The van der Waals surface area contributed by atoms with Gasteiger partial charge < -0.3 is 9.47 Å². The molecule has 8 nitrogen and oxygen atoms in total. The number of ketones is 1. The maximum absolute atomic E-state index is 12.9. The molecule has 1 N–H and O–H groups in total. The zero-order valence-electron chi connectivity index (χ0n) is 15.4. The fourth-order valence-corrected chi connectivity index (χ4v) is 3.56. The molecule has 1 aromatic heterocycles. The Morgan fingerprint density at radius 3 is 2.38 bits per heavy atom. The van der Waals surface area contributed by atoms with Gasteiger partial charge in [0, 0.05) is 37.2 Å². The molecule has 1 aromatic carbocycles. The summed E-state index contributed by atoms with van der Waals surface area (Å²) in [6.07, 6.45) is 1.07. The topological polar surface area (TPSA) is 107 Å². The molecule has 2 aromatic rings. The average Bonchev–Trinajstić information content (AvgIpc) is 2.80. The van der Waals surface area contributed by atoms with E-state index in [1.165, 1.54) is 31.0 Å². The van der Waals surface area contributed by atoms with E-state index >= 15 is 0 Å². The summed E-state index contributed by atoms with van der Waals surface area (Å²) < 4.78 is 35.8. The first-order valence-electron chi connectivity index (χ1n) is 7.85. The van der Waals surface area contributed by atoms with E-state index < -0.39 is 21.2 Å². The van der Waals surface area contributed by atoms with Crippen molar-refractivity contribution < 1.29 is 22.7 Å². The van der Waals surface area contributed by atoms with Crippen LogP contribution < -0.4 is 10.3 Å². The highest BCUT2D eigenvalue weighted by Crippen LogP contribution is 2.31. The lowest BCUT2D eigenvalue weighted by atomic mass is 9.99. The van der Waals surface area contributed by atoms with E-state index in [2.05, 4.69) is 5.10 Å². The summed E-state index contributed by atoms with van der Waals surface area (Å²) in [4.78, 5) is 25.1. The lowest BCUT2D eigenvalue weighted by molar-refractivity contribution is 0.103. The van der Waals surface area contributed by atoms with Gasteiger partial charge in [-0.15, -0.1) is 0 Å². The molecular formula is C17H22N2O6S. The Morgan fingerprint density at radius 1 is 1.23 bits per heavy atom. The first-order valence-corrected chi connectivity index (χ1v) is 9.74. The number of hydrogen-bond acceptors (Lipinski definition) is 6. The Morgan fingerprint density at radius 2 is 1.88 bits per heavy atom. The molecule has 0 fully saturated rings. The number of aromatic amines is 1. The number of nitrogens with zero attached hydrogens (tertiary/aromatic N) is 1. The summed E-state index contributed by atoms with van der Waals surface area (Å²) in [5.74, 6) is -0.390. The van der Waals surface area contributed by atoms with Crippen LogP contribution in [0.4, 0.5) is 0 Å². The molecule has 0 saturated heterocycles. The van der Waals surface area contributed by atoms with Crippen molar-refractivity contribution in [2.75, 3.05) is 26.6 Å². The standard InChI is InChI=1S/C17H22N2O6S/c1-10-12(15(20)14-11(2)18-19(3)17(14)21)6-7-13(26(5,22)23)16(10)25-9-8-24-4/h6-7,18H,8-9H2,1-5H3. The van der Waals surface area contributed by atoms with Crippen molar-refractivity contribution in [3.63, 3.8) is 0 Å². The van der Waals surface area contributed by atoms with E-state index in [4.69, 9.17) is 9.47 Å². The lowest BCUT2D eigenvalue weighted by Crippen LogP contribution is -2.20. The van der Waals surface area contributed by atoms with Crippen molar-refractivity contribution in [2.24, 2.45) is 7.05 Å². The second-order valence-corrected chi connectivity index (χ2v) is 7.97. The summed E-state index contributed by atoms with van der Waals surface area (Å²) in [5.41, 5.74) is 0.587. The van der Waals surface area contributed by atoms with E-state index in [9.17, 15) is 18.0 Å². The fraction of sp³-hybridized carbons (Fsp3) is 0.412. The Labute approximate surface area is 151 Å². The molecule has 0 unspecified atom stereocenters. The minimum Gasteiger partial charge on any atom is -0.490 e. The number of aromatic nitrogens is 2. The molecule has 0 saturated carbocycles. The Bertz CT molecular complexity index is 1000. The van der Waals surface area contributed by atoms with Crippen molar-refractivity contribution in [2.45, 2.75) is 18.7 Å². The molecule has 2 rings (SSSR count). The highest BCUT2D eigenvalue weighted by atomic mass is 32.2. The van der Waals surface area contributed by atoms with Crippen molar-refractivity contribution in [1.82, 2.24) is 9.78 Å². The smallest absolute Gasteiger partial charge is 0.277 e. The molecule has 0 radical (unpaired) electrons. The normalized spacial score (nSPS) is 11.6. The molecule has 0 atom stereocenters. The summed E-state index contributed by atoms with van der Waals surface area (Å²) in [6, 6.07) is 2.73. The molecular weight excluding hydrogens is 360 g/mol. The maximum atomic E-state index is 12.9. The zero-order chi connectivity index (χ0) is 19.6. The first-order chi connectivity index (χ1) is 12.1. The summed E-state index contributed by atoms with van der Waals surface area (Å²) in [7, 11) is -0.545. The van der Waals surface area contributed by atoms with Gasteiger partial charge in [0.1, 0.15) is 22.8 Å². The monoisotopic (exact) mass is 382 g/mol. The number of aryl methyl sites for hydroxylation is 2. The average molecular weight is 382 g/mol. The molecule has 0 aliphatic carbocycles. The van der Waals surface area contributed by atoms with Gasteiger partial charge in [0.15, 0.2) is 9.84 Å². The Balaban J connectivity index is 2.62. The quantitative estimate of drug-likeness (QED) is 0.565. The van der Waals surface area contributed by atoms with Gasteiger partial charge in [0.25, 0.3) is 5.56 Å². The van der Waals surface area contributed by atoms with E-state index in [-0.39, 0.29) is 35.0 Å². The summed E-state index contributed by atoms with van der Waals surface area (Å²) in [5, 5.41) is 2.78. The third-order valence-corrected chi connectivity index (χ3v) is 5.12. The molecule has 9 heteroatoms. The number of ether oxygens (including phenoxy) is 2. The van der Waals surface area contributed by atoms with Crippen LogP contribution in [0, 0.1) is 13.8 Å². The van der Waals surface area contributed by atoms with E-state index in [0.29, 0.717) is 11.3 Å². The van der Waals surface area contributed by atoms with Crippen molar-refractivity contribution in [3.05, 3.63) is 44.9 Å². The van der Waals surface area contributed by atoms with Crippen molar-refractivity contribution >= 4 is 15.6 Å². The van der Waals surface area contributed by atoms with Gasteiger partial charge in [-0.25, -0.2) is 8.42 Å². The van der Waals surface area contributed by atoms with Gasteiger partial charge in [0.2, 0.25) is 5.78 Å². The van der Waals surface area contributed by atoms with E-state index in [0.717, 1.165) is 6.26 Å². The number of H-pyrrole nitrogens is 1. The number of carbonyl (C=O) groups excluding carboxylic acids is 1. The molecule has 0 amide bonds. The van der Waals surface area contributed by atoms with Gasteiger partial charge >= 0.3 is 0 Å². The predicted octanol–water partition coefficient (Wildman–Crippen LogP) is 0.990. The van der Waals surface area contributed by atoms with Crippen LogP contribution in [0.5, 0.6) is 5.75 Å². The van der Waals surface area contributed by atoms with Crippen LogP contribution in [0.1, 0.15) is 27.2 Å². The molecule has 1 heterocycles. The Hall–Kier alpha value is -2.39. The minimum absolute atomic E-state index is 0.0126. The van der Waals surface area contributed by atoms with Gasteiger partial charge in [0.05, 0.1) is 6.61 Å². The van der Waals surface area contributed by atoms with Crippen LogP contribution in [0.15, 0.2) is 21.8 Å². The highest BCUT2D eigenvalue weighted by molar-refractivity contribution is 7.90. The van der Waals surface area contributed by atoms with E-state index in [1.807, 2.05) is 0 Å². The first kappa shape index (κ1) is 19.9. The van der Waals surface area contributed by atoms with Crippen LogP contribution in [0.3, 0.4) is 0 Å². The number of rotatable bonds is 7. The molecule has 142 valence electrons. The summed E-state index contributed by atoms with van der Waals surface area (Å²) in [6.45, 7) is 3.61. The zero-order valence-corrected chi connectivity index (χ0v) is 16.2. The van der Waals surface area contributed by atoms with Gasteiger partial charge in [-0.2, -0.15) is 0 Å². The number of sulfone groups is 1. The van der Waals surface area contributed by atoms with E-state index in [1.54, 1.807) is 13.8 Å². The number of nitrogens with one attached hydrogen (secondary N) is 1. The minimum atomic E-state index is -3.56. The fourth-order valence-electron chi connectivity index (χ4n) is 2.70. The van der Waals surface area contributed by atoms with Crippen LogP contribution in [-0.2, 0) is 21.6 Å². The number of hydrogen-bond donors (Lipinski definition) is 1. The number of carbonyl (C=O) groups is 1. The third kappa shape index (κ3) is 3.73. The van der Waals surface area contributed by atoms with Crippen LogP contribution in [-0.4, -0.2) is 50.6 Å². The molecule has 0 aliphatic rings.